The summed E-state index contributed by atoms with van der Waals surface area (Å²) in [5.74, 6) is -0.697. The summed E-state index contributed by atoms with van der Waals surface area (Å²) in [4.78, 5) is 25.3. The number of carbonyl (C=O) groups is 2. The Morgan fingerprint density at radius 1 is 1.19 bits per heavy atom. The molecule has 0 unspecified atom stereocenters. The van der Waals surface area contributed by atoms with Crippen molar-refractivity contribution in [3.63, 3.8) is 0 Å². The van der Waals surface area contributed by atoms with Crippen LogP contribution < -0.4 is 10.1 Å². The van der Waals surface area contributed by atoms with Gasteiger partial charge in [0.1, 0.15) is 23.7 Å². The summed E-state index contributed by atoms with van der Waals surface area (Å²) in [7, 11) is 1.50. The van der Waals surface area contributed by atoms with Gasteiger partial charge in [-0.3, -0.25) is 19.8 Å². The fraction of sp³-hybridized carbons (Fsp3) is 0.105. The van der Waals surface area contributed by atoms with Crippen LogP contribution in [0.3, 0.4) is 0 Å². The average molecular weight is 370 g/mol. The molecule has 0 atom stereocenters. The Morgan fingerprint density at radius 3 is 2.62 bits per heavy atom. The first-order valence-corrected chi connectivity index (χ1v) is 8.17. The largest absolute Gasteiger partial charge is 0.489 e. The second-order valence-corrected chi connectivity index (χ2v) is 6.06. The summed E-state index contributed by atoms with van der Waals surface area (Å²) in [5.41, 5.74) is 1.40. The first kappa shape index (κ1) is 17.8. The van der Waals surface area contributed by atoms with Gasteiger partial charge in [-0.05, 0) is 53.7 Å². The normalized spacial score (nSPS) is 16.0. The van der Waals surface area contributed by atoms with Crippen LogP contribution in [0.5, 0.6) is 5.75 Å². The Kier molecular flexibility index (Phi) is 5.09. The molecule has 0 aromatic heterocycles. The number of likely N-dealkylation sites (N-methyl/N-ethyl adjacent to an activating group) is 1. The van der Waals surface area contributed by atoms with Crippen molar-refractivity contribution in [3.05, 3.63) is 71.0 Å². The van der Waals surface area contributed by atoms with Crippen LogP contribution in [0.15, 0.2) is 54.1 Å². The van der Waals surface area contributed by atoms with E-state index in [-0.39, 0.29) is 23.1 Å². The third-order valence-corrected chi connectivity index (χ3v) is 4.17. The number of halogens is 1. The SMILES string of the molecule is CN1C(=O)C(=Cc2ccc(OCc3cccc(F)c3)cc2)C(=O)NC1=S. The van der Waals surface area contributed by atoms with Gasteiger partial charge in [0.05, 0.1) is 0 Å². The predicted octanol–water partition coefficient (Wildman–Crippen LogP) is 2.66. The zero-order valence-corrected chi connectivity index (χ0v) is 14.7. The van der Waals surface area contributed by atoms with E-state index in [1.165, 1.54) is 30.2 Å². The van der Waals surface area contributed by atoms with Gasteiger partial charge in [0.15, 0.2) is 5.11 Å². The van der Waals surface area contributed by atoms with Crippen molar-refractivity contribution in [2.45, 2.75) is 6.61 Å². The summed E-state index contributed by atoms with van der Waals surface area (Å²) in [6, 6.07) is 13.1. The monoisotopic (exact) mass is 370 g/mol. The van der Waals surface area contributed by atoms with Gasteiger partial charge in [-0.1, -0.05) is 24.3 Å². The fourth-order valence-corrected chi connectivity index (χ4v) is 2.54. The molecule has 2 aromatic carbocycles. The molecule has 2 aromatic rings. The molecule has 1 aliphatic heterocycles. The quantitative estimate of drug-likeness (QED) is 0.511. The molecule has 0 saturated carbocycles. The van der Waals surface area contributed by atoms with E-state index in [2.05, 4.69) is 5.32 Å². The van der Waals surface area contributed by atoms with E-state index in [1.807, 2.05) is 0 Å². The summed E-state index contributed by atoms with van der Waals surface area (Å²) < 4.78 is 18.8. The lowest BCUT2D eigenvalue weighted by Gasteiger charge is -2.25. The smallest absolute Gasteiger partial charge is 0.265 e. The van der Waals surface area contributed by atoms with E-state index >= 15 is 0 Å². The molecular weight excluding hydrogens is 355 g/mol. The summed E-state index contributed by atoms with van der Waals surface area (Å²) >= 11 is 4.90. The van der Waals surface area contributed by atoms with Gasteiger partial charge >= 0.3 is 0 Å². The molecule has 132 valence electrons. The van der Waals surface area contributed by atoms with Gasteiger partial charge < -0.3 is 4.74 Å². The highest BCUT2D eigenvalue weighted by atomic mass is 32.1. The zero-order chi connectivity index (χ0) is 18.7. The molecule has 0 aliphatic carbocycles. The van der Waals surface area contributed by atoms with Crippen molar-refractivity contribution >= 4 is 35.2 Å². The molecule has 1 N–H and O–H groups in total. The fourth-order valence-electron chi connectivity index (χ4n) is 2.37. The molecule has 7 heteroatoms. The lowest BCUT2D eigenvalue weighted by Crippen LogP contribution is -2.52. The molecule has 1 aliphatic rings. The van der Waals surface area contributed by atoms with Crippen molar-refractivity contribution in [3.8, 4) is 5.75 Å². The molecular formula is C19H15FN2O3S. The summed E-state index contributed by atoms with van der Waals surface area (Å²) in [5, 5.41) is 2.54. The third kappa shape index (κ3) is 3.94. The first-order valence-electron chi connectivity index (χ1n) is 7.76. The summed E-state index contributed by atoms with van der Waals surface area (Å²) in [6.45, 7) is 0.237. The first-order chi connectivity index (χ1) is 12.4. The lowest BCUT2D eigenvalue weighted by atomic mass is 10.1. The van der Waals surface area contributed by atoms with Crippen LogP contribution >= 0.6 is 12.2 Å². The van der Waals surface area contributed by atoms with Crippen molar-refractivity contribution < 1.29 is 18.7 Å². The molecule has 1 saturated heterocycles. The number of carbonyl (C=O) groups excluding carboxylic acids is 2. The number of hydrogen-bond acceptors (Lipinski definition) is 4. The Labute approximate surface area is 155 Å². The van der Waals surface area contributed by atoms with Crippen LogP contribution in [-0.4, -0.2) is 28.9 Å². The van der Waals surface area contributed by atoms with E-state index in [4.69, 9.17) is 17.0 Å². The minimum atomic E-state index is -0.524. The molecule has 26 heavy (non-hydrogen) atoms. The van der Waals surface area contributed by atoms with Crippen LogP contribution in [0.25, 0.3) is 6.08 Å². The Bertz CT molecular complexity index is 909. The molecule has 0 bridgehead atoms. The van der Waals surface area contributed by atoms with Crippen molar-refractivity contribution in [2.75, 3.05) is 7.05 Å². The van der Waals surface area contributed by atoms with Crippen LogP contribution in [0, 0.1) is 5.82 Å². The lowest BCUT2D eigenvalue weighted by molar-refractivity contribution is -0.128. The number of hydrogen-bond donors (Lipinski definition) is 1. The second kappa shape index (κ2) is 7.45. The number of rotatable bonds is 4. The van der Waals surface area contributed by atoms with Crippen molar-refractivity contribution in [1.82, 2.24) is 10.2 Å². The zero-order valence-electron chi connectivity index (χ0n) is 13.9. The van der Waals surface area contributed by atoms with E-state index in [0.29, 0.717) is 11.3 Å². The molecule has 0 spiro atoms. The van der Waals surface area contributed by atoms with Gasteiger partial charge in [-0.2, -0.15) is 0 Å². The van der Waals surface area contributed by atoms with Crippen LogP contribution in [-0.2, 0) is 16.2 Å². The number of benzene rings is 2. The number of amides is 2. The van der Waals surface area contributed by atoms with E-state index < -0.39 is 11.8 Å². The maximum Gasteiger partial charge on any atom is 0.265 e. The third-order valence-electron chi connectivity index (χ3n) is 3.79. The Hall–Kier alpha value is -3.06. The second-order valence-electron chi connectivity index (χ2n) is 5.67. The highest BCUT2D eigenvalue weighted by Gasteiger charge is 2.30. The van der Waals surface area contributed by atoms with E-state index in [1.54, 1.807) is 36.4 Å². The average Bonchev–Trinajstić information content (AvgIpc) is 2.63. The van der Waals surface area contributed by atoms with Crippen LogP contribution in [0.2, 0.25) is 0 Å². The number of thiocarbonyl (C=S) groups is 1. The van der Waals surface area contributed by atoms with E-state index in [0.717, 1.165) is 5.56 Å². The van der Waals surface area contributed by atoms with Gasteiger partial charge in [-0.15, -0.1) is 0 Å². The Morgan fingerprint density at radius 2 is 1.92 bits per heavy atom. The van der Waals surface area contributed by atoms with Crippen LogP contribution in [0.1, 0.15) is 11.1 Å². The molecule has 3 rings (SSSR count). The highest BCUT2D eigenvalue weighted by Crippen LogP contribution is 2.18. The van der Waals surface area contributed by atoms with Gasteiger partial charge in [0.25, 0.3) is 11.8 Å². The topological polar surface area (TPSA) is 58.6 Å². The minimum Gasteiger partial charge on any atom is -0.489 e. The molecule has 5 nitrogen and oxygen atoms in total. The highest BCUT2D eigenvalue weighted by molar-refractivity contribution is 7.80. The maximum absolute atomic E-state index is 13.1. The van der Waals surface area contributed by atoms with E-state index in [9.17, 15) is 14.0 Å². The minimum absolute atomic E-state index is 0.00882. The van der Waals surface area contributed by atoms with Gasteiger partial charge in [0, 0.05) is 7.05 Å². The van der Waals surface area contributed by atoms with Gasteiger partial charge in [-0.25, -0.2) is 4.39 Å². The molecule has 1 fully saturated rings. The molecule has 0 radical (unpaired) electrons. The number of nitrogens with zero attached hydrogens (tertiary/aromatic N) is 1. The van der Waals surface area contributed by atoms with Crippen LogP contribution in [0.4, 0.5) is 4.39 Å². The summed E-state index contributed by atoms with van der Waals surface area (Å²) in [6.07, 6.45) is 1.49. The van der Waals surface area contributed by atoms with Crippen molar-refractivity contribution in [2.24, 2.45) is 0 Å². The molecule has 1 heterocycles. The Balaban J connectivity index is 1.70. The van der Waals surface area contributed by atoms with Gasteiger partial charge in [0.2, 0.25) is 0 Å². The van der Waals surface area contributed by atoms with Crippen molar-refractivity contribution in [1.29, 1.82) is 0 Å². The predicted molar refractivity (Wildman–Crippen MR) is 98.7 cm³/mol. The standard InChI is InChI=1S/C19H15FN2O3S/c1-22-18(24)16(17(23)21-19(22)26)10-12-5-7-15(8-6-12)25-11-13-3-2-4-14(20)9-13/h2-10H,11H2,1H3,(H,21,23,26). The maximum atomic E-state index is 13.1. The molecule has 2 amide bonds. The number of ether oxygens (including phenoxy) is 1. The number of nitrogens with one attached hydrogen (secondary N) is 1.